The second kappa shape index (κ2) is 5.15. The van der Waals surface area contributed by atoms with E-state index in [1.165, 1.54) is 5.56 Å². The molecule has 1 aliphatic heterocycles. The number of rotatable bonds is 3. The molecule has 3 nitrogen and oxygen atoms in total. The SMILES string of the molecule is CC(C)c1c(CCN)cc(Cl)c2c1OCCO2. The zero-order valence-corrected chi connectivity index (χ0v) is 11.0. The van der Waals surface area contributed by atoms with E-state index in [1.807, 2.05) is 6.07 Å². The molecule has 0 amide bonds. The highest BCUT2D eigenvalue weighted by Crippen LogP contribution is 2.44. The van der Waals surface area contributed by atoms with Crippen LogP contribution < -0.4 is 15.2 Å². The first kappa shape index (κ1) is 12.5. The highest BCUT2D eigenvalue weighted by Gasteiger charge is 2.24. The minimum absolute atomic E-state index is 0.365. The van der Waals surface area contributed by atoms with Crippen molar-refractivity contribution < 1.29 is 9.47 Å². The zero-order chi connectivity index (χ0) is 12.4. The third-order valence-corrected chi connectivity index (χ3v) is 3.16. The molecule has 94 valence electrons. The van der Waals surface area contributed by atoms with E-state index in [9.17, 15) is 0 Å². The molecule has 0 unspecified atom stereocenters. The standard InChI is InChI=1S/C13H18ClNO2/c1-8(2)11-9(3-4-15)7-10(14)12-13(11)17-6-5-16-12/h7-8H,3-6,15H2,1-2H3. The Hall–Kier alpha value is -0.930. The summed E-state index contributed by atoms with van der Waals surface area (Å²) in [5.41, 5.74) is 7.98. The molecule has 2 N–H and O–H groups in total. The van der Waals surface area contributed by atoms with Gasteiger partial charge in [0.1, 0.15) is 13.2 Å². The molecule has 0 spiro atoms. The van der Waals surface area contributed by atoms with Crippen LogP contribution in [0.25, 0.3) is 0 Å². The van der Waals surface area contributed by atoms with E-state index in [2.05, 4.69) is 13.8 Å². The number of ether oxygens (including phenoxy) is 2. The Balaban J connectivity index is 2.58. The van der Waals surface area contributed by atoms with Crippen molar-refractivity contribution in [1.29, 1.82) is 0 Å². The van der Waals surface area contributed by atoms with Crippen LogP contribution in [0.2, 0.25) is 5.02 Å². The molecule has 0 fully saturated rings. The fourth-order valence-corrected chi connectivity index (χ4v) is 2.51. The van der Waals surface area contributed by atoms with Gasteiger partial charge in [0.15, 0.2) is 11.5 Å². The molecule has 1 aromatic carbocycles. The van der Waals surface area contributed by atoms with E-state index in [1.54, 1.807) is 0 Å². The summed E-state index contributed by atoms with van der Waals surface area (Å²) < 4.78 is 11.3. The van der Waals surface area contributed by atoms with Gasteiger partial charge in [0, 0.05) is 5.56 Å². The van der Waals surface area contributed by atoms with Gasteiger partial charge in [0.2, 0.25) is 0 Å². The van der Waals surface area contributed by atoms with E-state index in [0.29, 0.717) is 36.4 Å². The van der Waals surface area contributed by atoms with Gasteiger partial charge in [-0.25, -0.2) is 0 Å². The number of hydrogen-bond acceptors (Lipinski definition) is 3. The molecule has 4 heteroatoms. The summed E-state index contributed by atoms with van der Waals surface area (Å²) in [7, 11) is 0. The second-order valence-electron chi connectivity index (χ2n) is 4.48. The lowest BCUT2D eigenvalue weighted by atomic mass is 9.93. The Morgan fingerprint density at radius 2 is 1.94 bits per heavy atom. The monoisotopic (exact) mass is 255 g/mol. The van der Waals surface area contributed by atoms with Gasteiger partial charge in [-0.2, -0.15) is 0 Å². The molecule has 0 saturated heterocycles. The predicted octanol–water partition coefficient (Wildman–Crippen LogP) is 2.74. The van der Waals surface area contributed by atoms with Crippen LogP contribution in [0.5, 0.6) is 11.5 Å². The Kier molecular flexibility index (Phi) is 3.79. The summed E-state index contributed by atoms with van der Waals surface area (Å²) in [4.78, 5) is 0. The third-order valence-electron chi connectivity index (χ3n) is 2.88. The predicted molar refractivity (Wildman–Crippen MR) is 69.3 cm³/mol. The summed E-state index contributed by atoms with van der Waals surface area (Å²) in [6.07, 6.45) is 0.809. The summed E-state index contributed by atoms with van der Waals surface area (Å²) in [5, 5.41) is 0.618. The molecule has 17 heavy (non-hydrogen) atoms. The van der Waals surface area contributed by atoms with Gasteiger partial charge in [-0.1, -0.05) is 25.4 Å². The Bertz CT molecular complexity index is 418. The normalized spacial score (nSPS) is 14.2. The van der Waals surface area contributed by atoms with Crippen LogP contribution >= 0.6 is 11.6 Å². The highest BCUT2D eigenvalue weighted by atomic mass is 35.5. The van der Waals surface area contributed by atoms with Gasteiger partial charge in [-0.15, -0.1) is 0 Å². The van der Waals surface area contributed by atoms with Gasteiger partial charge in [-0.3, -0.25) is 0 Å². The van der Waals surface area contributed by atoms with Crippen LogP contribution in [-0.4, -0.2) is 19.8 Å². The fraction of sp³-hybridized carbons (Fsp3) is 0.538. The lowest BCUT2D eigenvalue weighted by Crippen LogP contribution is -2.19. The average Bonchev–Trinajstić information content (AvgIpc) is 2.29. The molecule has 0 saturated carbocycles. The number of fused-ring (bicyclic) bond motifs is 1. The van der Waals surface area contributed by atoms with E-state index >= 15 is 0 Å². The highest BCUT2D eigenvalue weighted by molar-refractivity contribution is 6.32. The van der Waals surface area contributed by atoms with Crippen molar-refractivity contribution in [2.45, 2.75) is 26.2 Å². The van der Waals surface area contributed by atoms with E-state index < -0.39 is 0 Å². The Labute approximate surface area is 107 Å². The molecule has 0 bridgehead atoms. The second-order valence-corrected chi connectivity index (χ2v) is 4.89. The van der Waals surface area contributed by atoms with Crippen LogP contribution in [-0.2, 0) is 6.42 Å². The Morgan fingerprint density at radius 3 is 2.53 bits per heavy atom. The van der Waals surface area contributed by atoms with Crippen molar-refractivity contribution >= 4 is 11.6 Å². The fourth-order valence-electron chi connectivity index (χ4n) is 2.23. The molecular weight excluding hydrogens is 238 g/mol. The number of benzene rings is 1. The van der Waals surface area contributed by atoms with Crippen molar-refractivity contribution in [3.05, 3.63) is 22.2 Å². The average molecular weight is 256 g/mol. The first-order valence-corrected chi connectivity index (χ1v) is 6.34. The largest absolute Gasteiger partial charge is 0.486 e. The van der Waals surface area contributed by atoms with Crippen LogP contribution in [0.15, 0.2) is 6.07 Å². The Morgan fingerprint density at radius 1 is 1.29 bits per heavy atom. The maximum absolute atomic E-state index is 6.21. The van der Waals surface area contributed by atoms with Crippen molar-refractivity contribution in [2.75, 3.05) is 19.8 Å². The lowest BCUT2D eigenvalue weighted by molar-refractivity contribution is 0.169. The summed E-state index contributed by atoms with van der Waals surface area (Å²) in [6, 6.07) is 1.96. The number of hydrogen-bond donors (Lipinski definition) is 1. The molecule has 1 aliphatic rings. The maximum Gasteiger partial charge on any atom is 0.180 e. The molecule has 0 aliphatic carbocycles. The van der Waals surface area contributed by atoms with Gasteiger partial charge in [0.05, 0.1) is 5.02 Å². The molecule has 1 heterocycles. The molecule has 0 radical (unpaired) electrons. The minimum atomic E-state index is 0.365. The van der Waals surface area contributed by atoms with Gasteiger partial charge in [-0.05, 0) is 30.5 Å². The molecule has 0 atom stereocenters. The molecular formula is C13H18ClNO2. The topological polar surface area (TPSA) is 44.5 Å². The van der Waals surface area contributed by atoms with Crippen LogP contribution in [0.3, 0.4) is 0 Å². The van der Waals surface area contributed by atoms with Gasteiger partial charge < -0.3 is 15.2 Å². The molecule has 2 rings (SSSR count). The zero-order valence-electron chi connectivity index (χ0n) is 10.3. The van der Waals surface area contributed by atoms with Crippen molar-refractivity contribution in [1.82, 2.24) is 0 Å². The van der Waals surface area contributed by atoms with Gasteiger partial charge >= 0.3 is 0 Å². The van der Waals surface area contributed by atoms with E-state index in [4.69, 9.17) is 26.8 Å². The van der Waals surface area contributed by atoms with Gasteiger partial charge in [0.25, 0.3) is 0 Å². The van der Waals surface area contributed by atoms with Crippen LogP contribution in [0.1, 0.15) is 30.9 Å². The summed E-state index contributed by atoms with van der Waals surface area (Å²) in [5.74, 6) is 1.86. The van der Waals surface area contributed by atoms with E-state index in [-0.39, 0.29) is 0 Å². The summed E-state index contributed by atoms with van der Waals surface area (Å²) in [6.45, 7) is 6.02. The minimum Gasteiger partial charge on any atom is -0.486 e. The number of halogens is 1. The maximum atomic E-state index is 6.21. The lowest BCUT2D eigenvalue weighted by Gasteiger charge is -2.25. The smallest absolute Gasteiger partial charge is 0.180 e. The first-order chi connectivity index (χ1) is 8.15. The van der Waals surface area contributed by atoms with Crippen molar-refractivity contribution in [3.8, 4) is 11.5 Å². The molecule has 1 aromatic rings. The van der Waals surface area contributed by atoms with Crippen LogP contribution in [0, 0.1) is 0 Å². The summed E-state index contributed by atoms with van der Waals surface area (Å²) >= 11 is 6.21. The van der Waals surface area contributed by atoms with Crippen molar-refractivity contribution in [3.63, 3.8) is 0 Å². The van der Waals surface area contributed by atoms with Crippen LogP contribution in [0.4, 0.5) is 0 Å². The molecule has 0 aromatic heterocycles. The third kappa shape index (κ3) is 2.35. The first-order valence-electron chi connectivity index (χ1n) is 5.96. The quantitative estimate of drug-likeness (QED) is 0.903. The van der Waals surface area contributed by atoms with Crippen molar-refractivity contribution in [2.24, 2.45) is 5.73 Å². The number of nitrogens with two attached hydrogens (primary N) is 1. The van der Waals surface area contributed by atoms with E-state index in [0.717, 1.165) is 17.7 Å².